The monoisotopic (exact) mass is 362 g/mol. The molecule has 1 amide bonds. The largest absolute Gasteiger partial charge is 0.305 e. The number of nitrogens with one attached hydrogen (secondary N) is 1. The van der Waals surface area contributed by atoms with Crippen LogP contribution in [0.3, 0.4) is 0 Å². The van der Waals surface area contributed by atoms with Crippen molar-refractivity contribution in [2.24, 2.45) is 0 Å². The van der Waals surface area contributed by atoms with Gasteiger partial charge in [0.15, 0.2) is 6.67 Å². The van der Waals surface area contributed by atoms with Crippen molar-refractivity contribution in [1.29, 1.82) is 5.26 Å². The fourth-order valence-electron chi connectivity index (χ4n) is 3.64. The second kappa shape index (κ2) is 7.36. The highest BCUT2D eigenvalue weighted by Gasteiger charge is 2.39. The van der Waals surface area contributed by atoms with Gasteiger partial charge in [0.05, 0.1) is 11.6 Å². The summed E-state index contributed by atoms with van der Waals surface area (Å²) in [5, 5.41) is 10.6. The molecule has 2 aromatic rings. The molecule has 2 aromatic carbocycles. The van der Waals surface area contributed by atoms with E-state index in [0.29, 0.717) is 13.1 Å². The quantitative estimate of drug-likeness (QED) is 0.913. The Morgan fingerprint density at radius 2 is 1.81 bits per heavy atom. The number of carbonyl (C=O) groups is 1. The third-order valence-electron chi connectivity index (χ3n) is 4.92. The number of quaternary nitrogens is 1. The van der Waals surface area contributed by atoms with Crippen molar-refractivity contribution < 1.29 is 9.69 Å². The highest BCUT2D eigenvalue weighted by molar-refractivity contribution is 8.02. The molecule has 5 heteroatoms. The molecule has 1 unspecified atom stereocenters. The summed E-state index contributed by atoms with van der Waals surface area (Å²) in [5.41, 5.74) is 3.05. The predicted octanol–water partition coefficient (Wildman–Crippen LogP) is 2.48. The molecular formula is C21H20N3OS+. The van der Waals surface area contributed by atoms with Crippen molar-refractivity contribution in [2.75, 3.05) is 12.5 Å². The van der Waals surface area contributed by atoms with Gasteiger partial charge in [-0.1, -0.05) is 60.7 Å². The molecule has 2 atom stereocenters. The molecule has 0 bridgehead atoms. The third-order valence-corrected chi connectivity index (χ3v) is 6.18. The average Bonchev–Trinajstić information content (AvgIpc) is 2.69. The molecule has 0 aliphatic carbocycles. The zero-order chi connectivity index (χ0) is 17.9. The zero-order valence-corrected chi connectivity index (χ0v) is 15.2. The molecular weight excluding hydrogens is 342 g/mol. The van der Waals surface area contributed by atoms with Crippen LogP contribution in [-0.4, -0.2) is 23.4 Å². The lowest BCUT2D eigenvalue weighted by Gasteiger charge is -2.39. The molecule has 26 heavy (non-hydrogen) atoms. The van der Waals surface area contributed by atoms with E-state index in [1.54, 1.807) is 11.8 Å². The van der Waals surface area contributed by atoms with Crippen LogP contribution in [0.2, 0.25) is 0 Å². The molecule has 2 aliphatic heterocycles. The fourth-order valence-corrected chi connectivity index (χ4v) is 4.84. The molecule has 0 aromatic heterocycles. The van der Waals surface area contributed by atoms with Crippen LogP contribution in [0.15, 0.2) is 71.3 Å². The Hall–Kier alpha value is -2.55. The van der Waals surface area contributed by atoms with E-state index in [0.717, 1.165) is 28.6 Å². The van der Waals surface area contributed by atoms with Gasteiger partial charge < -0.3 is 4.90 Å². The predicted molar refractivity (Wildman–Crippen MR) is 102 cm³/mol. The third kappa shape index (κ3) is 3.26. The van der Waals surface area contributed by atoms with Crippen molar-refractivity contribution in [3.63, 3.8) is 0 Å². The number of amides is 1. The number of allylic oxidation sites excluding steroid dienone is 1. The summed E-state index contributed by atoms with van der Waals surface area (Å²) < 4.78 is 0. The SMILES string of the molecule is N#CC1=C2SC[NH+](Cc3ccccc3)CN2C(=O)C[C@H]1c1ccccc1. The number of fused-ring (bicyclic) bond motifs is 1. The van der Waals surface area contributed by atoms with Crippen LogP contribution in [-0.2, 0) is 11.3 Å². The molecule has 4 rings (SSSR count). The van der Waals surface area contributed by atoms with Gasteiger partial charge in [0.1, 0.15) is 17.5 Å². The topological polar surface area (TPSA) is 48.5 Å². The molecule has 1 N–H and O–H groups in total. The smallest absolute Gasteiger partial charge is 0.232 e. The lowest BCUT2D eigenvalue weighted by molar-refractivity contribution is -0.910. The summed E-state index contributed by atoms with van der Waals surface area (Å²) in [5.74, 6) is 0.856. The van der Waals surface area contributed by atoms with Crippen molar-refractivity contribution in [1.82, 2.24) is 4.90 Å². The Labute approximate surface area is 157 Å². The maximum atomic E-state index is 12.8. The summed E-state index contributed by atoms with van der Waals surface area (Å²) in [6.45, 7) is 1.51. The molecule has 0 spiro atoms. The fraction of sp³-hybridized carbons (Fsp3) is 0.238. The molecule has 130 valence electrons. The van der Waals surface area contributed by atoms with Crippen LogP contribution in [0.4, 0.5) is 0 Å². The second-order valence-corrected chi connectivity index (χ2v) is 7.64. The number of benzene rings is 2. The van der Waals surface area contributed by atoms with Crippen LogP contribution in [0.1, 0.15) is 23.5 Å². The van der Waals surface area contributed by atoms with Crippen LogP contribution in [0.5, 0.6) is 0 Å². The zero-order valence-electron chi connectivity index (χ0n) is 14.4. The van der Waals surface area contributed by atoms with Gasteiger partial charge >= 0.3 is 0 Å². The van der Waals surface area contributed by atoms with E-state index >= 15 is 0 Å². The summed E-state index contributed by atoms with van der Waals surface area (Å²) in [6.07, 6.45) is 0.371. The van der Waals surface area contributed by atoms with E-state index < -0.39 is 0 Å². The molecule has 2 heterocycles. The molecule has 0 saturated carbocycles. The highest BCUT2D eigenvalue weighted by atomic mass is 32.2. The van der Waals surface area contributed by atoms with Gasteiger partial charge in [-0.3, -0.25) is 9.69 Å². The molecule has 0 radical (unpaired) electrons. The minimum atomic E-state index is -0.122. The second-order valence-electron chi connectivity index (χ2n) is 6.68. The first kappa shape index (κ1) is 16.9. The van der Waals surface area contributed by atoms with Crippen LogP contribution in [0, 0.1) is 11.3 Å². The van der Waals surface area contributed by atoms with Gasteiger partial charge in [-0.2, -0.15) is 5.26 Å². The summed E-state index contributed by atoms with van der Waals surface area (Å²) in [7, 11) is 0. The first-order valence-electron chi connectivity index (χ1n) is 8.76. The first-order chi connectivity index (χ1) is 12.8. The number of rotatable bonds is 3. The van der Waals surface area contributed by atoms with Crippen molar-refractivity contribution in [2.45, 2.75) is 18.9 Å². The van der Waals surface area contributed by atoms with Crippen molar-refractivity contribution in [3.8, 4) is 6.07 Å². The Kier molecular flexibility index (Phi) is 4.79. The lowest BCUT2D eigenvalue weighted by Crippen LogP contribution is -3.12. The molecule has 2 aliphatic rings. The Morgan fingerprint density at radius 1 is 1.12 bits per heavy atom. The summed E-state index contributed by atoms with van der Waals surface area (Å²) >= 11 is 1.63. The van der Waals surface area contributed by atoms with E-state index in [-0.39, 0.29) is 11.8 Å². The van der Waals surface area contributed by atoms with Gasteiger partial charge in [-0.15, -0.1) is 0 Å². The van der Waals surface area contributed by atoms with Gasteiger partial charge in [-0.25, -0.2) is 0 Å². The number of hydrogen-bond acceptors (Lipinski definition) is 3. The normalized spacial score (nSPS) is 22.7. The van der Waals surface area contributed by atoms with Crippen LogP contribution >= 0.6 is 11.8 Å². The van der Waals surface area contributed by atoms with Gasteiger partial charge in [-0.05, 0) is 17.3 Å². The van der Waals surface area contributed by atoms with Crippen molar-refractivity contribution in [3.05, 3.63) is 82.4 Å². The lowest BCUT2D eigenvalue weighted by atomic mass is 9.86. The van der Waals surface area contributed by atoms with E-state index in [2.05, 4.69) is 18.2 Å². The summed E-state index contributed by atoms with van der Waals surface area (Å²) in [4.78, 5) is 16.0. The molecule has 4 nitrogen and oxygen atoms in total. The van der Waals surface area contributed by atoms with E-state index in [9.17, 15) is 10.1 Å². The first-order valence-corrected chi connectivity index (χ1v) is 9.74. The number of nitriles is 1. The van der Waals surface area contributed by atoms with Crippen LogP contribution in [0.25, 0.3) is 0 Å². The number of thioether (sulfide) groups is 1. The Balaban J connectivity index is 1.59. The number of hydrogen-bond donors (Lipinski definition) is 1. The van der Waals surface area contributed by atoms with E-state index in [1.165, 1.54) is 10.5 Å². The van der Waals surface area contributed by atoms with E-state index in [1.807, 2.05) is 53.4 Å². The molecule has 1 fully saturated rings. The number of nitrogens with zero attached hydrogens (tertiary/aromatic N) is 2. The summed E-state index contributed by atoms with van der Waals surface area (Å²) in [6, 6.07) is 22.6. The molecule has 1 saturated heterocycles. The van der Waals surface area contributed by atoms with Crippen molar-refractivity contribution >= 4 is 17.7 Å². The standard InChI is InChI=1S/C21H19N3OS/c22-12-19-18(17-9-5-2-6-10-17)11-20(25)24-14-23(15-26-21(19)24)13-16-7-3-1-4-8-16/h1-10,18H,11,13-15H2/p+1/t18-/m0/s1. The Morgan fingerprint density at radius 3 is 2.50 bits per heavy atom. The number of carbonyl (C=O) groups excluding carboxylic acids is 1. The van der Waals surface area contributed by atoms with Gasteiger partial charge in [0, 0.05) is 17.9 Å². The Bertz CT molecular complexity index is 873. The van der Waals surface area contributed by atoms with E-state index in [4.69, 9.17) is 0 Å². The van der Waals surface area contributed by atoms with Gasteiger partial charge in [0.25, 0.3) is 0 Å². The maximum Gasteiger partial charge on any atom is 0.232 e. The minimum absolute atomic E-state index is 0.116. The minimum Gasteiger partial charge on any atom is -0.305 e. The highest BCUT2D eigenvalue weighted by Crippen LogP contribution is 2.40. The van der Waals surface area contributed by atoms with Crippen LogP contribution < -0.4 is 4.90 Å². The average molecular weight is 362 g/mol. The maximum absolute atomic E-state index is 12.8. The van der Waals surface area contributed by atoms with Gasteiger partial charge in [0.2, 0.25) is 5.91 Å².